The number of carbonyl (C=O) groups is 1. The van der Waals surface area contributed by atoms with Crippen LogP contribution in [0.25, 0.3) is 0 Å². The first-order valence-corrected chi connectivity index (χ1v) is 7.33. The lowest BCUT2D eigenvalue weighted by molar-refractivity contribution is -0.128. The van der Waals surface area contributed by atoms with Crippen LogP contribution < -0.4 is 0 Å². The van der Waals surface area contributed by atoms with Crippen molar-refractivity contribution in [1.29, 1.82) is 0 Å². The quantitative estimate of drug-likeness (QED) is 0.892. The molecule has 3 heterocycles. The van der Waals surface area contributed by atoms with E-state index in [0.717, 1.165) is 39.0 Å². The van der Waals surface area contributed by atoms with E-state index in [-0.39, 0.29) is 0 Å². The zero-order valence-corrected chi connectivity index (χ0v) is 11.3. The summed E-state index contributed by atoms with van der Waals surface area (Å²) in [5.41, 5.74) is 1.17. The lowest BCUT2D eigenvalue weighted by Crippen LogP contribution is -2.46. The third-order valence-electron chi connectivity index (χ3n) is 4.28. The van der Waals surface area contributed by atoms with Gasteiger partial charge in [-0.2, -0.15) is 5.10 Å². The van der Waals surface area contributed by atoms with Crippen molar-refractivity contribution in [3.8, 4) is 0 Å². The Morgan fingerprint density at radius 1 is 1.32 bits per heavy atom. The fourth-order valence-electron chi connectivity index (χ4n) is 3.22. The molecule has 0 saturated carbocycles. The Labute approximate surface area is 114 Å². The molecule has 1 aromatic heterocycles. The van der Waals surface area contributed by atoms with Crippen molar-refractivity contribution in [2.24, 2.45) is 0 Å². The van der Waals surface area contributed by atoms with Gasteiger partial charge in [-0.3, -0.25) is 14.8 Å². The number of aromatic amines is 1. The van der Waals surface area contributed by atoms with Crippen molar-refractivity contribution in [2.75, 3.05) is 19.6 Å². The van der Waals surface area contributed by atoms with Crippen molar-refractivity contribution in [3.63, 3.8) is 0 Å². The molecule has 1 unspecified atom stereocenters. The Kier molecular flexibility index (Phi) is 3.82. The summed E-state index contributed by atoms with van der Waals surface area (Å²) in [4.78, 5) is 16.3. The van der Waals surface area contributed by atoms with E-state index in [9.17, 15) is 4.79 Å². The van der Waals surface area contributed by atoms with Gasteiger partial charge in [0.25, 0.3) is 0 Å². The molecule has 1 aromatic rings. The van der Waals surface area contributed by atoms with Gasteiger partial charge >= 0.3 is 0 Å². The smallest absolute Gasteiger partial charge is 0.222 e. The molecule has 0 aliphatic carbocycles. The predicted octanol–water partition coefficient (Wildman–Crippen LogP) is 1.39. The van der Waals surface area contributed by atoms with Crippen LogP contribution in [0.5, 0.6) is 0 Å². The molecule has 5 heteroatoms. The second-order valence-corrected chi connectivity index (χ2v) is 5.65. The van der Waals surface area contributed by atoms with E-state index in [1.165, 1.54) is 25.0 Å². The number of rotatable bonds is 4. The van der Waals surface area contributed by atoms with Gasteiger partial charge in [0.15, 0.2) is 0 Å². The molecule has 0 spiro atoms. The minimum atomic E-state index is 0.340. The van der Waals surface area contributed by atoms with E-state index < -0.39 is 0 Å². The first-order chi connectivity index (χ1) is 9.33. The van der Waals surface area contributed by atoms with Crippen molar-refractivity contribution < 1.29 is 4.79 Å². The zero-order chi connectivity index (χ0) is 13.1. The van der Waals surface area contributed by atoms with Gasteiger partial charge in [0.1, 0.15) is 0 Å². The molecule has 19 heavy (non-hydrogen) atoms. The number of piperidine rings is 1. The van der Waals surface area contributed by atoms with Gasteiger partial charge in [0, 0.05) is 44.0 Å². The molecule has 1 N–H and O–H groups in total. The molecule has 2 aliphatic heterocycles. The summed E-state index contributed by atoms with van der Waals surface area (Å²) in [5.74, 6) is 0.340. The summed E-state index contributed by atoms with van der Waals surface area (Å²) >= 11 is 0. The van der Waals surface area contributed by atoms with Crippen LogP contribution in [0.3, 0.4) is 0 Å². The number of nitrogens with one attached hydrogen (secondary N) is 1. The minimum absolute atomic E-state index is 0.340. The Hall–Kier alpha value is -1.36. The predicted molar refractivity (Wildman–Crippen MR) is 72.5 cm³/mol. The molecule has 1 amide bonds. The lowest BCUT2D eigenvalue weighted by Gasteiger charge is -2.37. The highest BCUT2D eigenvalue weighted by Crippen LogP contribution is 2.21. The summed E-state index contributed by atoms with van der Waals surface area (Å²) in [6.07, 6.45) is 7.33. The van der Waals surface area contributed by atoms with Crippen molar-refractivity contribution in [1.82, 2.24) is 20.0 Å². The van der Waals surface area contributed by atoms with Crippen LogP contribution >= 0.6 is 0 Å². The molecule has 2 saturated heterocycles. The van der Waals surface area contributed by atoms with E-state index in [4.69, 9.17) is 0 Å². The molecule has 0 radical (unpaired) electrons. The average molecular weight is 262 g/mol. The molecule has 104 valence electrons. The van der Waals surface area contributed by atoms with Crippen molar-refractivity contribution in [2.45, 2.75) is 44.7 Å². The fraction of sp³-hybridized carbons (Fsp3) is 0.714. The first kappa shape index (κ1) is 12.7. The Morgan fingerprint density at radius 3 is 3.00 bits per heavy atom. The average Bonchev–Trinajstić information content (AvgIpc) is 3.05. The van der Waals surface area contributed by atoms with Gasteiger partial charge in [-0.1, -0.05) is 6.42 Å². The second kappa shape index (κ2) is 5.74. The number of aromatic nitrogens is 2. The van der Waals surface area contributed by atoms with E-state index in [1.54, 1.807) is 6.20 Å². The zero-order valence-electron chi connectivity index (χ0n) is 11.3. The Balaban J connectivity index is 1.61. The van der Waals surface area contributed by atoms with Crippen LogP contribution in [0.15, 0.2) is 12.3 Å². The highest BCUT2D eigenvalue weighted by atomic mass is 16.2. The third-order valence-corrected chi connectivity index (χ3v) is 4.28. The van der Waals surface area contributed by atoms with Crippen molar-refractivity contribution >= 4 is 5.91 Å². The van der Waals surface area contributed by atoms with Gasteiger partial charge < -0.3 is 4.90 Å². The largest absolute Gasteiger partial charge is 0.341 e. The number of nitrogens with zero attached hydrogens (tertiary/aromatic N) is 3. The normalized spacial score (nSPS) is 25.2. The maximum atomic E-state index is 11.8. The van der Waals surface area contributed by atoms with Gasteiger partial charge in [0.05, 0.1) is 0 Å². The monoisotopic (exact) mass is 262 g/mol. The summed E-state index contributed by atoms with van der Waals surface area (Å²) in [5, 5.41) is 7.05. The topological polar surface area (TPSA) is 52.2 Å². The lowest BCUT2D eigenvalue weighted by atomic mass is 10.0. The number of likely N-dealkylation sites (tertiary alicyclic amines) is 2. The van der Waals surface area contributed by atoms with Crippen molar-refractivity contribution in [3.05, 3.63) is 18.0 Å². The maximum Gasteiger partial charge on any atom is 0.222 e. The van der Waals surface area contributed by atoms with Gasteiger partial charge in [0.2, 0.25) is 5.91 Å². The van der Waals surface area contributed by atoms with Gasteiger partial charge in [-0.15, -0.1) is 0 Å². The number of carbonyl (C=O) groups excluding carboxylic acids is 1. The maximum absolute atomic E-state index is 11.8. The van der Waals surface area contributed by atoms with Crippen LogP contribution in [0.1, 0.15) is 37.8 Å². The fourth-order valence-corrected chi connectivity index (χ4v) is 3.22. The van der Waals surface area contributed by atoms with E-state index in [1.807, 2.05) is 6.07 Å². The third kappa shape index (κ3) is 2.97. The number of amides is 1. The van der Waals surface area contributed by atoms with Crippen LogP contribution in [0, 0.1) is 0 Å². The minimum Gasteiger partial charge on any atom is -0.341 e. The van der Waals surface area contributed by atoms with Gasteiger partial charge in [-0.05, 0) is 31.9 Å². The first-order valence-electron chi connectivity index (χ1n) is 7.33. The molecule has 5 nitrogen and oxygen atoms in total. The summed E-state index contributed by atoms with van der Waals surface area (Å²) in [6, 6.07) is 2.55. The molecule has 3 rings (SSSR count). The Morgan fingerprint density at radius 2 is 2.26 bits per heavy atom. The molecule has 0 aromatic carbocycles. The summed E-state index contributed by atoms with van der Waals surface area (Å²) in [7, 11) is 0. The standard InChI is InChI=1S/C14H22N4O/c19-14-5-3-9-18(14)11-13-4-1-2-8-17(13)10-12-6-7-15-16-12/h6-7,13H,1-5,8-11H2,(H,15,16). The number of H-pyrrole nitrogens is 1. The SMILES string of the molecule is O=C1CCCN1CC1CCCCN1Cc1ccn[nH]1. The van der Waals surface area contributed by atoms with E-state index in [0.29, 0.717) is 11.9 Å². The summed E-state index contributed by atoms with van der Waals surface area (Å²) < 4.78 is 0. The summed E-state index contributed by atoms with van der Waals surface area (Å²) in [6.45, 7) is 3.92. The highest BCUT2D eigenvalue weighted by Gasteiger charge is 2.28. The van der Waals surface area contributed by atoms with E-state index >= 15 is 0 Å². The molecule has 2 aliphatic rings. The van der Waals surface area contributed by atoms with E-state index in [2.05, 4.69) is 20.0 Å². The number of hydrogen-bond donors (Lipinski definition) is 1. The molecule has 0 bridgehead atoms. The second-order valence-electron chi connectivity index (χ2n) is 5.65. The molecular weight excluding hydrogens is 240 g/mol. The molecule has 2 fully saturated rings. The van der Waals surface area contributed by atoms with Gasteiger partial charge in [-0.25, -0.2) is 0 Å². The van der Waals surface area contributed by atoms with Crippen LogP contribution in [-0.2, 0) is 11.3 Å². The molecular formula is C14H22N4O. The number of hydrogen-bond acceptors (Lipinski definition) is 3. The highest BCUT2D eigenvalue weighted by molar-refractivity contribution is 5.78. The van der Waals surface area contributed by atoms with Crippen LogP contribution in [-0.4, -0.2) is 51.6 Å². The Bertz CT molecular complexity index is 417. The van der Waals surface area contributed by atoms with Crippen LogP contribution in [0.2, 0.25) is 0 Å². The van der Waals surface area contributed by atoms with Crippen LogP contribution in [0.4, 0.5) is 0 Å². The molecule has 1 atom stereocenters.